The molecule has 0 radical (unpaired) electrons. The predicted octanol–water partition coefficient (Wildman–Crippen LogP) is 4.57. The minimum Gasteiger partial charge on any atom is -0.490 e. The zero-order valence-corrected chi connectivity index (χ0v) is 17.5. The standard InChI is InChI=1S/C22H23FN2O5S/c23-17-4-3-16-10-15(12-22(26)27)11-21(20(16)13-17)30-18-5-8-25(9-6-18)31(28,29)19-2-1-7-24-14-19/h1-4,7,10-11,13-14,18,28-29H,5-6,8-9,12H2,(H,26,27). The van der Waals surface area contributed by atoms with Gasteiger partial charge in [-0.05, 0) is 54.1 Å². The Bertz CT molecular complexity index is 1090. The van der Waals surface area contributed by atoms with Crippen molar-refractivity contribution in [1.29, 1.82) is 0 Å². The van der Waals surface area contributed by atoms with Gasteiger partial charge in [-0.15, -0.1) is 10.8 Å². The molecular formula is C22H23FN2O5S. The number of nitrogens with zero attached hydrogens (tertiary/aromatic N) is 2. The molecule has 1 fully saturated rings. The Kier molecular flexibility index (Phi) is 6.10. The molecule has 0 saturated carbocycles. The summed E-state index contributed by atoms with van der Waals surface area (Å²) in [7, 11) is -3.12. The Morgan fingerprint density at radius 1 is 1.19 bits per heavy atom. The fraction of sp³-hybridized carbons (Fsp3) is 0.273. The van der Waals surface area contributed by atoms with Gasteiger partial charge in [-0.1, -0.05) is 12.1 Å². The Morgan fingerprint density at radius 3 is 2.65 bits per heavy atom. The van der Waals surface area contributed by atoms with Crippen LogP contribution in [0.1, 0.15) is 18.4 Å². The van der Waals surface area contributed by atoms with Gasteiger partial charge in [-0.25, -0.2) is 8.70 Å². The van der Waals surface area contributed by atoms with Gasteiger partial charge in [0.05, 0.1) is 17.5 Å². The third-order valence-corrected chi connectivity index (χ3v) is 7.26. The van der Waals surface area contributed by atoms with Crippen molar-refractivity contribution in [2.24, 2.45) is 0 Å². The molecule has 0 amide bonds. The minimum atomic E-state index is -3.12. The number of aliphatic carboxylic acids is 1. The van der Waals surface area contributed by atoms with Crippen LogP contribution >= 0.6 is 10.8 Å². The Hall–Kier alpha value is -2.72. The second kappa shape index (κ2) is 8.80. The van der Waals surface area contributed by atoms with Crippen LogP contribution in [-0.4, -0.2) is 48.7 Å². The first-order valence-corrected chi connectivity index (χ1v) is 11.4. The summed E-state index contributed by atoms with van der Waals surface area (Å²) in [6, 6.07) is 11.0. The summed E-state index contributed by atoms with van der Waals surface area (Å²) in [5.74, 6) is -0.921. The van der Waals surface area contributed by atoms with E-state index in [0.29, 0.717) is 52.9 Å². The van der Waals surface area contributed by atoms with Gasteiger partial charge in [0.1, 0.15) is 17.7 Å². The van der Waals surface area contributed by atoms with Crippen molar-refractivity contribution in [3.8, 4) is 5.75 Å². The largest absolute Gasteiger partial charge is 0.490 e. The van der Waals surface area contributed by atoms with Gasteiger partial charge in [-0.2, -0.15) is 0 Å². The maximum atomic E-state index is 13.8. The molecule has 31 heavy (non-hydrogen) atoms. The molecular weight excluding hydrogens is 423 g/mol. The Labute approximate surface area is 180 Å². The predicted molar refractivity (Wildman–Crippen MR) is 116 cm³/mol. The average molecular weight is 447 g/mol. The van der Waals surface area contributed by atoms with E-state index in [4.69, 9.17) is 9.84 Å². The highest BCUT2D eigenvalue weighted by Gasteiger charge is 2.31. The van der Waals surface area contributed by atoms with Crippen molar-refractivity contribution < 1.29 is 28.1 Å². The number of rotatable bonds is 6. The summed E-state index contributed by atoms with van der Waals surface area (Å²) in [5, 5.41) is 10.4. The van der Waals surface area contributed by atoms with Crippen molar-refractivity contribution in [3.63, 3.8) is 0 Å². The van der Waals surface area contributed by atoms with Gasteiger partial charge in [-0.3, -0.25) is 18.9 Å². The third kappa shape index (κ3) is 4.80. The number of aromatic nitrogens is 1. The molecule has 9 heteroatoms. The van der Waals surface area contributed by atoms with E-state index in [9.17, 15) is 18.3 Å². The van der Waals surface area contributed by atoms with Crippen LogP contribution < -0.4 is 4.74 Å². The molecule has 1 saturated heterocycles. The number of benzene rings is 2. The van der Waals surface area contributed by atoms with Gasteiger partial charge in [0.15, 0.2) is 0 Å². The second-order valence-electron chi connectivity index (χ2n) is 7.48. The first-order valence-electron chi connectivity index (χ1n) is 9.87. The summed E-state index contributed by atoms with van der Waals surface area (Å²) in [5.41, 5.74) is 0.574. The van der Waals surface area contributed by atoms with Crippen molar-refractivity contribution >= 4 is 27.5 Å². The van der Waals surface area contributed by atoms with Crippen LogP contribution in [0.5, 0.6) is 5.75 Å². The molecule has 7 nitrogen and oxygen atoms in total. The van der Waals surface area contributed by atoms with E-state index in [2.05, 4.69) is 4.98 Å². The number of carbonyl (C=O) groups is 1. The molecule has 3 aromatic rings. The van der Waals surface area contributed by atoms with Crippen LogP contribution in [0.25, 0.3) is 10.8 Å². The maximum absolute atomic E-state index is 13.8. The topological polar surface area (TPSA) is 103 Å². The van der Waals surface area contributed by atoms with E-state index >= 15 is 0 Å². The van der Waals surface area contributed by atoms with Crippen LogP contribution in [0.3, 0.4) is 0 Å². The number of hydrogen-bond donors (Lipinski definition) is 3. The smallest absolute Gasteiger partial charge is 0.307 e. The zero-order valence-electron chi connectivity index (χ0n) is 16.6. The number of ether oxygens (including phenoxy) is 1. The van der Waals surface area contributed by atoms with E-state index in [-0.39, 0.29) is 12.5 Å². The van der Waals surface area contributed by atoms with Crippen LogP contribution in [0, 0.1) is 5.82 Å². The maximum Gasteiger partial charge on any atom is 0.307 e. The number of hydrogen-bond acceptors (Lipinski definition) is 6. The van der Waals surface area contributed by atoms with E-state index in [1.54, 1.807) is 40.8 Å². The van der Waals surface area contributed by atoms with Crippen molar-refractivity contribution in [1.82, 2.24) is 9.29 Å². The molecule has 3 N–H and O–H groups in total. The van der Waals surface area contributed by atoms with Gasteiger partial charge in [0.2, 0.25) is 0 Å². The molecule has 1 aliphatic heterocycles. The lowest BCUT2D eigenvalue weighted by Crippen LogP contribution is -2.39. The van der Waals surface area contributed by atoms with Gasteiger partial charge < -0.3 is 9.84 Å². The molecule has 1 aliphatic rings. The minimum absolute atomic E-state index is 0.159. The summed E-state index contributed by atoms with van der Waals surface area (Å²) in [6.07, 6.45) is 3.73. The number of halogens is 1. The van der Waals surface area contributed by atoms with Crippen LogP contribution in [-0.2, 0) is 11.2 Å². The highest BCUT2D eigenvalue weighted by atomic mass is 32.3. The van der Waals surface area contributed by atoms with E-state index in [1.165, 1.54) is 18.3 Å². The zero-order chi connectivity index (χ0) is 22.0. The number of fused-ring (bicyclic) bond motifs is 1. The molecule has 164 valence electrons. The molecule has 0 aliphatic carbocycles. The number of piperidine rings is 1. The van der Waals surface area contributed by atoms with Gasteiger partial charge in [0, 0.05) is 24.7 Å². The van der Waals surface area contributed by atoms with Crippen molar-refractivity contribution in [2.75, 3.05) is 13.1 Å². The SMILES string of the molecule is O=C(O)Cc1cc(OC2CCN(S(O)(O)c3cccnc3)CC2)c2cc(F)ccc2c1. The summed E-state index contributed by atoms with van der Waals surface area (Å²) in [6.45, 7) is 0.812. The molecule has 0 spiro atoms. The molecule has 0 atom stereocenters. The second-order valence-corrected chi connectivity index (χ2v) is 9.51. The molecule has 0 unspecified atom stereocenters. The molecule has 2 heterocycles. The lowest BCUT2D eigenvalue weighted by molar-refractivity contribution is -0.136. The van der Waals surface area contributed by atoms with Crippen molar-refractivity contribution in [2.45, 2.75) is 30.3 Å². The van der Waals surface area contributed by atoms with Crippen LogP contribution in [0.15, 0.2) is 59.8 Å². The Balaban J connectivity index is 1.51. The van der Waals surface area contributed by atoms with Crippen LogP contribution in [0.2, 0.25) is 0 Å². The normalized spacial score (nSPS) is 16.4. The van der Waals surface area contributed by atoms with E-state index in [1.807, 2.05) is 0 Å². The molecule has 4 rings (SSSR count). The first kappa shape index (κ1) is 21.5. The first-order chi connectivity index (χ1) is 14.8. The number of carboxylic acid groups (broad SMARTS) is 1. The lowest BCUT2D eigenvalue weighted by Gasteiger charge is -2.45. The number of pyridine rings is 1. The average Bonchev–Trinajstić information content (AvgIpc) is 2.75. The summed E-state index contributed by atoms with van der Waals surface area (Å²) in [4.78, 5) is 15.5. The van der Waals surface area contributed by atoms with Gasteiger partial charge in [0.25, 0.3) is 0 Å². The monoisotopic (exact) mass is 446 g/mol. The van der Waals surface area contributed by atoms with E-state index in [0.717, 1.165) is 0 Å². The fourth-order valence-corrected chi connectivity index (χ4v) is 5.25. The summed E-state index contributed by atoms with van der Waals surface area (Å²) < 4.78 is 43.0. The lowest BCUT2D eigenvalue weighted by atomic mass is 10.0. The molecule has 1 aromatic heterocycles. The quantitative estimate of drug-likeness (QED) is 0.510. The Morgan fingerprint density at radius 2 is 1.97 bits per heavy atom. The van der Waals surface area contributed by atoms with Crippen molar-refractivity contribution in [3.05, 3.63) is 66.2 Å². The fourth-order valence-electron chi connectivity index (χ4n) is 3.77. The summed E-state index contributed by atoms with van der Waals surface area (Å²) >= 11 is 0. The highest BCUT2D eigenvalue weighted by Crippen LogP contribution is 2.52. The number of carboxylic acids is 1. The highest BCUT2D eigenvalue weighted by molar-refractivity contribution is 8.22. The molecule has 2 aromatic carbocycles. The van der Waals surface area contributed by atoms with E-state index < -0.39 is 22.6 Å². The third-order valence-electron chi connectivity index (χ3n) is 5.30. The van der Waals surface area contributed by atoms with Crippen LogP contribution in [0.4, 0.5) is 4.39 Å². The molecule has 0 bridgehead atoms. The van der Waals surface area contributed by atoms with Gasteiger partial charge >= 0.3 is 5.97 Å².